The predicted octanol–water partition coefficient (Wildman–Crippen LogP) is 2.48. The summed E-state index contributed by atoms with van der Waals surface area (Å²) < 4.78 is 13.0. The number of pyridine rings is 1. The van der Waals surface area contributed by atoms with Crippen LogP contribution in [-0.2, 0) is 0 Å². The topological polar surface area (TPSA) is 33.2 Å². The maximum atomic E-state index is 13.0. The van der Waals surface area contributed by atoms with E-state index in [0.29, 0.717) is 5.56 Å². The predicted molar refractivity (Wildman–Crippen MR) is 63.1 cm³/mol. The van der Waals surface area contributed by atoms with E-state index in [1.54, 1.807) is 11.0 Å². The molecule has 1 aromatic rings. The van der Waals surface area contributed by atoms with Gasteiger partial charge in [-0.1, -0.05) is 13.8 Å². The van der Waals surface area contributed by atoms with Gasteiger partial charge in [0.15, 0.2) is 0 Å². The van der Waals surface area contributed by atoms with E-state index < -0.39 is 5.95 Å². The normalized spacial score (nSPS) is 19.1. The molecule has 0 aromatic carbocycles. The van der Waals surface area contributed by atoms with Gasteiger partial charge in [-0.05, 0) is 24.3 Å². The first-order chi connectivity index (χ1) is 7.98. The van der Waals surface area contributed by atoms with E-state index in [9.17, 15) is 9.18 Å². The van der Waals surface area contributed by atoms with Crippen LogP contribution in [0.25, 0.3) is 0 Å². The summed E-state index contributed by atoms with van der Waals surface area (Å²) in [5, 5.41) is 0. The summed E-state index contributed by atoms with van der Waals surface area (Å²) in [6.45, 7) is 5.79. The lowest BCUT2D eigenvalue weighted by atomic mass is 9.84. The van der Waals surface area contributed by atoms with Crippen molar-refractivity contribution in [3.05, 3.63) is 29.8 Å². The average molecular weight is 236 g/mol. The van der Waals surface area contributed by atoms with Crippen LogP contribution in [0.15, 0.2) is 18.3 Å². The molecule has 0 N–H and O–H groups in total. The lowest BCUT2D eigenvalue weighted by molar-refractivity contribution is 0.0583. The fraction of sp³-hybridized carbons (Fsp3) is 0.538. The fourth-order valence-electron chi connectivity index (χ4n) is 2.31. The second-order valence-corrected chi connectivity index (χ2v) is 5.36. The summed E-state index contributed by atoms with van der Waals surface area (Å²) in [5.74, 6) is -0.703. The van der Waals surface area contributed by atoms with Crippen molar-refractivity contribution in [2.24, 2.45) is 5.41 Å². The molecule has 0 radical (unpaired) electrons. The first kappa shape index (κ1) is 12.0. The smallest absolute Gasteiger partial charge is 0.254 e. The number of halogens is 1. The molecule has 0 aliphatic carbocycles. The minimum absolute atomic E-state index is 0.0981. The molecule has 0 saturated carbocycles. The van der Waals surface area contributed by atoms with Crippen LogP contribution in [0.3, 0.4) is 0 Å². The highest BCUT2D eigenvalue weighted by molar-refractivity contribution is 5.94. The van der Waals surface area contributed by atoms with Crippen LogP contribution in [0.1, 0.15) is 37.0 Å². The quantitative estimate of drug-likeness (QED) is 0.702. The number of hydrogen-bond donors (Lipinski definition) is 0. The molecule has 1 aliphatic rings. The molecular formula is C13H17FN2O. The second kappa shape index (κ2) is 4.43. The zero-order valence-electron chi connectivity index (χ0n) is 10.2. The molecule has 2 heterocycles. The lowest BCUT2D eigenvalue weighted by Crippen LogP contribution is -2.43. The van der Waals surface area contributed by atoms with Crippen LogP contribution >= 0.6 is 0 Å². The number of carbonyl (C=O) groups is 1. The molecule has 1 aromatic heterocycles. The van der Waals surface area contributed by atoms with E-state index in [1.807, 2.05) is 0 Å². The molecule has 4 heteroatoms. The highest BCUT2D eigenvalue weighted by Crippen LogP contribution is 2.29. The van der Waals surface area contributed by atoms with Gasteiger partial charge < -0.3 is 4.90 Å². The van der Waals surface area contributed by atoms with E-state index in [1.165, 1.54) is 12.3 Å². The van der Waals surface area contributed by atoms with Crippen LogP contribution < -0.4 is 0 Å². The number of likely N-dealkylation sites (tertiary alicyclic amines) is 1. The molecule has 1 saturated heterocycles. The maximum Gasteiger partial charge on any atom is 0.254 e. The zero-order chi connectivity index (χ0) is 12.5. The van der Waals surface area contributed by atoms with Crippen molar-refractivity contribution < 1.29 is 9.18 Å². The Balaban J connectivity index is 2.15. The number of amides is 1. The summed E-state index contributed by atoms with van der Waals surface area (Å²) in [5.41, 5.74) is 0.537. The Hall–Kier alpha value is -1.45. The second-order valence-electron chi connectivity index (χ2n) is 5.36. The van der Waals surface area contributed by atoms with Crippen LogP contribution in [0.5, 0.6) is 0 Å². The third-order valence-corrected chi connectivity index (χ3v) is 3.16. The average Bonchev–Trinajstić information content (AvgIpc) is 2.26. The van der Waals surface area contributed by atoms with Crippen LogP contribution in [0.4, 0.5) is 4.39 Å². The first-order valence-electron chi connectivity index (χ1n) is 5.89. The van der Waals surface area contributed by atoms with Crippen molar-refractivity contribution in [1.82, 2.24) is 9.88 Å². The molecular weight excluding hydrogens is 219 g/mol. The van der Waals surface area contributed by atoms with Crippen molar-refractivity contribution in [1.29, 1.82) is 0 Å². The number of piperidine rings is 1. The summed E-state index contributed by atoms with van der Waals surface area (Å²) in [6.07, 6.45) is 3.46. The Morgan fingerprint density at radius 3 is 2.94 bits per heavy atom. The van der Waals surface area contributed by atoms with Gasteiger partial charge in [0.1, 0.15) is 0 Å². The van der Waals surface area contributed by atoms with Crippen LogP contribution in [-0.4, -0.2) is 28.9 Å². The Morgan fingerprint density at radius 2 is 2.29 bits per heavy atom. The van der Waals surface area contributed by atoms with Gasteiger partial charge in [-0.3, -0.25) is 4.79 Å². The molecule has 0 bridgehead atoms. The highest BCUT2D eigenvalue weighted by atomic mass is 19.1. The van der Waals surface area contributed by atoms with Gasteiger partial charge in [-0.2, -0.15) is 4.39 Å². The molecule has 1 aliphatic heterocycles. The van der Waals surface area contributed by atoms with Crippen LogP contribution in [0, 0.1) is 11.4 Å². The van der Waals surface area contributed by atoms with E-state index in [-0.39, 0.29) is 11.3 Å². The third kappa shape index (κ3) is 2.81. The van der Waals surface area contributed by atoms with Gasteiger partial charge in [0.05, 0.1) is 0 Å². The van der Waals surface area contributed by atoms with E-state index in [0.717, 1.165) is 25.9 Å². The summed E-state index contributed by atoms with van der Waals surface area (Å²) in [6, 6.07) is 2.76. The zero-order valence-corrected chi connectivity index (χ0v) is 10.2. The van der Waals surface area contributed by atoms with Gasteiger partial charge in [0.2, 0.25) is 5.95 Å². The number of carbonyl (C=O) groups excluding carboxylic acids is 1. The Morgan fingerprint density at radius 1 is 1.53 bits per heavy atom. The van der Waals surface area contributed by atoms with Crippen molar-refractivity contribution in [2.45, 2.75) is 26.7 Å². The van der Waals surface area contributed by atoms with E-state index in [2.05, 4.69) is 18.8 Å². The lowest BCUT2D eigenvalue weighted by Gasteiger charge is -2.38. The highest BCUT2D eigenvalue weighted by Gasteiger charge is 2.29. The molecule has 0 spiro atoms. The van der Waals surface area contributed by atoms with Gasteiger partial charge >= 0.3 is 0 Å². The van der Waals surface area contributed by atoms with E-state index in [4.69, 9.17) is 0 Å². The number of nitrogens with zero attached hydrogens (tertiary/aromatic N) is 2. The molecule has 92 valence electrons. The summed E-state index contributed by atoms with van der Waals surface area (Å²) in [4.78, 5) is 17.4. The number of aromatic nitrogens is 1. The van der Waals surface area contributed by atoms with Crippen molar-refractivity contribution in [3.63, 3.8) is 0 Å². The fourth-order valence-corrected chi connectivity index (χ4v) is 2.31. The first-order valence-corrected chi connectivity index (χ1v) is 5.89. The Kier molecular flexibility index (Phi) is 3.13. The molecule has 3 nitrogen and oxygen atoms in total. The third-order valence-electron chi connectivity index (χ3n) is 3.16. The summed E-state index contributed by atoms with van der Waals surface area (Å²) >= 11 is 0. The largest absolute Gasteiger partial charge is 0.338 e. The number of rotatable bonds is 1. The minimum Gasteiger partial charge on any atom is -0.338 e. The summed E-state index contributed by atoms with van der Waals surface area (Å²) in [7, 11) is 0. The van der Waals surface area contributed by atoms with Crippen LogP contribution in [0.2, 0.25) is 0 Å². The number of hydrogen-bond acceptors (Lipinski definition) is 2. The Bertz CT molecular complexity index is 431. The molecule has 1 fully saturated rings. The SMILES string of the molecule is CC1(C)CCCN(C(=O)c2ccnc(F)c2)C1. The van der Waals surface area contributed by atoms with Crippen molar-refractivity contribution in [3.8, 4) is 0 Å². The maximum absolute atomic E-state index is 13.0. The Labute approximate surface area is 101 Å². The van der Waals surface area contributed by atoms with Gasteiger partial charge in [-0.25, -0.2) is 4.98 Å². The van der Waals surface area contributed by atoms with Gasteiger partial charge in [-0.15, -0.1) is 0 Å². The molecule has 17 heavy (non-hydrogen) atoms. The van der Waals surface area contributed by atoms with Gasteiger partial charge in [0, 0.05) is 30.9 Å². The van der Waals surface area contributed by atoms with Crippen molar-refractivity contribution >= 4 is 5.91 Å². The molecule has 0 atom stereocenters. The van der Waals surface area contributed by atoms with E-state index >= 15 is 0 Å². The standard InChI is InChI=1S/C13H17FN2O/c1-13(2)5-3-7-16(9-13)12(17)10-4-6-15-11(14)8-10/h4,6,8H,3,5,7,9H2,1-2H3. The van der Waals surface area contributed by atoms with Gasteiger partial charge in [0.25, 0.3) is 5.91 Å². The minimum atomic E-state index is -0.605. The molecule has 2 rings (SSSR count). The molecule has 0 unspecified atom stereocenters. The monoisotopic (exact) mass is 236 g/mol. The molecule has 1 amide bonds. The van der Waals surface area contributed by atoms with Crippen molar-refractivity contribution in [2.75, 3.05) is 13.1 Å².